The maximum atomic E-state index is 12.8. The van der Waals surface area contributed by atoms with Crippen LogP contribution >= 0.6 is 0 Å². The second-order valence-electron chi connectivity index (χ2n) is 7.00. The van der Waals surface area contributed by atoms with Crippen molar-refractivity contribution in [3.8, 4) is 0 Å². The van der Waals surface area contributed by atoms with Crippen LogP contribution in [0, 0.1) is 17.8 Å². The number of hydrogen-bond donors (Lipinski definition) is 1. The smallest absolute Gasteiger partial charge is 0.227 e. The molecule has 1 aliphatic carbocycles. The van der Waals surface area contributed by atoms with Crippen molar-refractivity contribution in [2.24, 2.45) is 23.5 Å². The molecule has 1 heterocycles. The van der Waals surface area contributed by atoms with Gasteiger partial charge >= 0.3 is 0 Å². The van der Waals surface area contributed by atoms with Crippen molar-refractivity contribution in [3.63, 3.8) is 0 Å². The zero-order valence-corrected chi connectivity index (χ0v) is 13.3. The van der Waals surface area contributed by atoms with Gasteiger partial charge in [-0.15, -0.1) is 0 Å². The van der Waals surface area contributed by atoms with Gasteiger partial charge in [0.15, 0.2) is 0 Å². The average Bonchev–Trinajstić information content (AvgIpc) is 2.67. The Bertz CT molecular complexity index is 318. The summed E-state index contributed by atoms with van der Waals surface area (Å²) in [6, 6.07) is 0.0749. The van der Waals surface area contributed by atoms with Crippen LogP contribution in [0.1, 0.15) is 65.2 Å². The molecule has 0 aromatic heterocycles. The van der Waals surface area contributed by atoms with E-state index in [2.05, 4.69) is 18.7 Å². The predicted molar refractivity (Wildman–Crippen MR) is 83.3 cm³/mol. The van der Waals surface area contributed by atoms with Gasteiger partial charge in [0, 0.05) is 19.1 Å². The van der Waals surface area contributed by atoms with Crippen LogP contribution in [0.15, 0.2) is 0 Å². The van der Waals surface area contributed by atoms with E-state index >= 15 is 0 Å². The molecule has 2 N–H and O–H groups in total. The van der Waals surface area contributed by atoms with Gasteiger partial charge < -0.3 is 10.6 Å². The molecule has 2 fully saturated rings. The molecule has 1 aliphatic heterocycles. The molecule has 0 bridgehead atoms. The summed E-state index contributed by atoms with van der Waals surface area (Å²) in [6.45, 7) is 6.37. The molecule has 1 saturated carbocycles. The van der Waals surface area contributed by atoms with Crippen molar-refractivity contribution in [2.45, 2.75) is 71.3 Å². The van der Waals surface area contributed by atoms with Gasteiger partial charge in [-0.1, -0.05) is 33.1 Å². The molecule has 4 unspecified atom stereocenters. The Morgan fingerprint density at radius 2 is 1.95 bits per heavy atom. The lowest BCUT2D eigenvalue weighted by atomic mass is 9.77. The molecule has 2 rings (SSSR count). The van der Waals surface area contributed by atoms with Gasteiger partial charge in [-0.05, 0) is 43.9 Å². The first kappa shape index (κ1) is 15.8. The van der Waals surface area contributed by atoms with E-state index in [0.717, 1.165) is 31.8 Å². The first-order valence-corrected chi connectivity index (χ1v) is 8.67. The molecule has 4 atom stereocenters. The third-order valence-electron chi connectivity index (χ3n) is 5.47. The lowest BCUT2D eigenvalue weighted by molar-refractivity contribution is -0.137. The highest BCUT2D eigenvalue weighted by Gasteiger charge is 2.35. The van der Waals surface area contributed by atoms with Crippen molar-refractivity contribution in [3.05, 3.63) is 0 Å². The first-order chi connectivity index (χ1) is 9.63. The second-order valence-corrected chi connectivity index (χ2v) is 7.00. The largest absolute Gasteiger partial charge is 0.342 e. The fourth-order valence-electron chi connectivity index (χ4n) is 4.05. The zero-order chi connectivity index (χ0) is 14.5. The van der Waals surface area contributed by atoms with Crippen molar-refractivity contribution in [1.82, 2.24) is 4.90 Å². The number of rotatable bonds is 3. The van der Waals surface area contributed by atoms with Gasteiger partial charge in [-0.25, -0.2) is 0 Å². The molecule has 3 heteroatoms. The summed E-state index contributed by atoms with van der Waals surface area (Å²) in [7, 11) is 0. The Kier molecular flexibility index (Phi) is 5.88. The number of nitrogens with two attached hydrogens (primary N) is 1. The van der Waals surface area contributed by atoms with Gasteiger partial charge in [0.2, 0.25) is 5.91 Å². The molecule has 0 aromatic rings. The quantitative estimate of drug-likeness (QED) is 0.863. The lowest BCUT2D eigenvalue weighted by Crippen LogP contribution is -2.49. The second kappa shape index (κ2) is 7.44. The van der Waals surface area contributed by atoms with Gasteiger partial charge in [0.1, 0.15) is 0 Å². The SMILES string of the molecule is CCCC1CCCN(C(=O)C2CCCC(C)C2N)CC1. The monoisotopic (exact) mass is 280 g/mol. The summed E-state index contributed by atoms with van der Waals surface area (Å²) < 4.78 is 0. The highest BCUT2D eigenvalue weighted by atomic mass is 16.2. The van der Waals surface area contributed by atoms with Crippen LogP contribution in [0.2, 0.25) is 0 Å². The summed E-state index contributed by atoms with van der Waals surface area (Å²) in [6.07, 6.45) is 9.60. The maximum Gasteiger partial charge on any atom is 0.227 e. The van der Waals surface area contributed by atoms with E-state index in [1.54, 1.807) is 0 Å². The van der Waals surface area contributed by atoms with Crippen molar-refractivity contribution >= 4 is 5.91 Å². The molecule has 3 nitrogen and oxygen atoms in total. The molecule has 20 heavy (non-hydrogen) atoms. The Morgan fingerprint density at radius 1 is 1.15 bits per heavy atom. The third kappa shape index (κ3) is 3.75. The fourth-order valence-corrected chi connectivity index (χ4v) is 4.05. The first-order valence-electron chi connectivity index (χ1n) is 8.67. The van der Waals surface area contributed by atoms with Gasteiger partial charge in [0.05, 0.1) is 5.92 Å². The number of nitrogens with zero attached hydrogens (tertiary/aromatic N) is 1. The van der Waals surface area contributed by atoms with Crippen LogP contribution in [0.25, 0.3) is 0 Å². The number of hydrogen-bond acceptors (Lipinski definition) is 2. The van der Waals surface area contributed by atoms with Crippen LogP contribution in [0.3, 0.4) is 0 Å². The summed E-state index contributed by atoms with van der Waals surface area (Å²) in [5.41, 5.74) is 6.30. The topological polar surface area (TPSA) is 46.3 Å². The summed E-state index contributed by atoms with van der Waals surface area (Å²) in [5.74, 6) is 1.76. The van der Waals surface area contributed by atoms with Crippen molar-refractivity contribution in [1.29, 1.82) is 0 Å². The Balaban J connectivity index is 1.91. The van der Waals surface area contributed by atoms with E-state index in [4.69, 9.17) is 5.73 Å². The molecule has 0 aromatic carbocycles. The van der Waals surface area contributed by atoms with E-state index < -0.39 is 0 Å². The van der Waals surface area contributed by atoms with Crippen LogP contribution in [-0.4, -0.2) is 29.9 Å². The van der Waals surface area contributed by atoms with Crippen molar-refractivity contribution in [2.75, 3.05) is 13.1 Å². The molecule has 1 amide bonds. The van der Waals surface area contributed by atoms with E-state index in [1.807, 2.05) is 0 Å². The number of carbonyl (C=O) groups is 1. The van der Waals surface area contributed by atoms with Gasteiger partial charge in [-0.3, -0.25) is 4.79 Å². The van der Waals surface area contributed by atoms with Crippen LogP contribution in [0.5, 0.6) is 0 Å². The van der Waals surface area contributed by atoms with E-state index in [9.17, 15) is 4.79 Å². The molecule has 1 saturated heterocycles. The highest BCUT2D eigenvalue weighted by Crippen LogP contribution is 2.30. The number of likely N-dealkylation sites (tertiary alicyclic amines) is 1. The van der Waals surface area contributed by atoms with Crippen LogP contribution in [-0.2, 0) is 4.79 Å². The molecular formula is C17H32N2O. The minimum absolute atomic E-state index is 0.0749. The standard InChI is InChI=1S/C17H32N2O/c1-3-6-14-8-5-11-19(12-10-14)17(20)15-9-4-7-13(2)16(15)18/h13-16H,3-12,18H2,1-2H3. The molecular weight excluding hydrogens is 248 g/mol. The lowest BCUT2D eigenvalue weighted by Gasteiger charge is -2.36. The highest BCUT2D eigenvalue weighted by molar-refractivity contribution is 5.79. The third-order valence-corrected chi connectivity index (χ3v) is 5.47. The molecule has 116 valence electrons. The summed E-state index contributed by atoms with van der Waals surface area (Å²) in [4.78, 5) is 14.9. The summed E-state index contributed by atoms with van der Waals surface area (Å²) >= 11 is 0. The zero-order valence-electron chi connectivity index (χ0n) is 13.3. The normalized spacial score (nSPS) is 35.6. The van der Waals surface area contributed by atoms with E-state index in [0.29, 0.717) is 11.8 Å². The summed E-state index contributed by atoms with van der Waals surface area (Å²) in [5, 5.41) is 0. The number of carbonyl (C=O) groups excluding carboxylic acids is 1. The minimum Gasteiger partial charge on any atom is -0.342 e. The fraction of sp³-hybridized carbons (Fsp3) is 0.941. The Hall–Kier alpha value is -0.570. The Labute approximate surface area is 124 Å². The van der Waals surface area contributed by atoms with Crippen LogP contribution in [0.4, 0.5) is 0 Å². The average molecular weight is 280 g/mol. The van der Waals surface area contributed by atoms with Crippen LogP contribution < -0.4 is 5.73 Å². The molecule has 0 spiro atoms. The predicted octanol–water partition coefficient (Wildman–Crippen LogP) is 3.18. The van der Waals surface area contributed by atoms with E-state index in [1.165, 1.54) is 38.5 Å². The van der Waals surface area contributed by atoms with Crippen molar-refractivity contribution < 1.29 is 4.79 Å². The minimum atomic E-state index is 0.0749. The molecule has 2 aliphatic rings. The Morgan fingerprint density at radius 3 is 2.70 bits per heavy atom. The maximum absolute atomic E-state index is 12.8. The molecule has 0 radical (unpaired) electrons. The van der Waals surface area contributed by atoms with Gasteiger partial charge in [-0.2, -0.15) is 0 Å². The number of amides is 1. The van der Waals surface area contributed by atoms with Gasteiger partial charge in [0.25, 0.3) is 0 Å². The van der Waals surface area contributed by atoms with E-state index in [-0.39, 0.29) is 12.0 Å².